The number of hydrogen-bond acceptors (Lipinski definition) is 5. The molecule has 64 heavy (non-hydrogen) atoms. The fourth-order valence-corrected chi connectivity index (χ4v) is 8.43. The van der Waals surface area contributed by atoms with Crippen molar-refractivity contribution in [3.8, 4) is 0 Å². The summed E-state index contributed by atoms with van der Waals surface area (Å²) >= 11 is 0. The summed E-state index contributed by atoms with van der Waals surface area (Å²) in [5, 5.41) is 9.65. The summed E-state index contributed by atoms with van der Waals surface area (Å²) < 4.78 is 10.7. The second-order valence-corrected chi connectivity index (χ2v) is 19.0. The second-order valence-electron chi connectivity index (χ2n) is 19.0. The number of aliphatic hydroxyl groups excluding tert-OH is 1. The van der Waals surface area contributed by atoms with Gasteiger partial charge in [-0.3, -0.25) is 9.59 Å². The molecular weight excluding hydrogens is 789 g/mol. The van der Waals surface area contributed by atoms with Gasteiger partial charge in [-0.1, -0.05) is 281 Å². The number of ether oxygens (including phenoxy) is 2. The lowest BCUT2D eigenvalue weighted by Gasteiger charge is -2.15. The Morgan fingerprint density at radius 2 is 0.672 bits per heavy atom. The fraction of sp³-hybridized carbons (Fsp3) is 0.831. The highest BCUT2D eigenvalue weighted by Crippen LogP contribution is 2.17. The van der Waals surface area contributed by atoms with Crippen molar-refractivity contribution in [2.45, 2.75) is 302 Å². The number of carbonyl (C=O) groups is 2. The van der Waals surface area contributed by atoms with Gasteiger partial charge in [0.1, 0.15) is 6.61 Å². The van der Waals surface area contributed by atoms with E-state index in [4.69, 9.17) is 9.47 Å². The van der Waals surface area contributed by atoms with Gasteiger partial charge in [0.05, 0.1) is 6.61 Å². The van der Waals surface area contributed by atoms with Gasteiger partial charge in [-0.25, -0.2) is 0 Å². The summed E-state index contributed by atoms with van der Waals surface area (Å²) in [5.41, 5.74) is 0. The number of esters is 2. The molecule has 0 heterocycles. The van der Waals surface area contributed by atoms with E-state index < -0.39 is 6.10 Å². The molecule has 0 aliphatic rings. The van der Waals surface area contributed by atoms with Crippen LogP contribution in [0.4, 0.5) is 0 Å². The second kappa shape index (κ2) is 55.2. The van der Waals surface area contributed by atoms with E-state index in [2.05, 4.69) is 62.5 Å². The predicted octanol–water partition coefficient (Wildman–Crippen LogP) is 18.9. The normalized spacial score (nSPS) is 12.5. The molecule has 0 bridgehead atoms. The minimum Gasteiger partial charge on any atom is -0.462 e. The molecule has 0 amide bonds. The Bertz CT molecular complexity index is 1060. The van der Waals surface area contributed by atoms with Crippen molar-refractivity contribution in [1.29, 1.82) is 0 Å². The van der Waals surface area contributed by atoms with Gasteiger partial charge in [0.15, 0.2) is 6.10 Å². The predicted molar refractivity (Wildman–Crippen MR) is 279 cm³/mol. The molecule has 0 spiro atoms. The standard InChI is InChI=1S/C59H108O5/c1-3-5-7-9-11-13-15-17-19-21-23-25-27-29-31-33-35-37-39-41-43-45-47-49-51-53-58(61)63-56-57(55-60)64-59(62)54-52-50-48-46-44-42-40-38-36-34-32-30-28-26-24-22-20-18-16-14-12-10-8-6-4-2/h6,8,12,14,18,20,24,26,57,60H,3-5,7,9-11,13,15-17,19,21-23,25,27-56H2,1-2H3/b8-6-,14-12-,20-18-,26-24-. The largest absolute Gasteiger partial charge is 0.462 e. The van der Waals surface area contributed by atoms with E-state index in [1.165, 1.54) is 205 Å². The monoisotopic (exact) mass is 897 g/mol. The van der Waals surface area contributed by atoms with Gasteiger partial charge in [0, 0.05) is 12.8 Å². The van der Waals surface area contributed by atoms with Crippen LogP contribution in [0, 0.1) is 0 Å². The minimum atomic E-state index is -0.772. The minimum absolute atomic E-state index is 0.0630. The van der Waals surface area contributed by atoms with E-state index in [1.54, 1.807) is 0 Å². The van der Waals surface area contributed by atoms with Crippen molar-refractivity contribution >= 4 is 11.9 Å². The summed E-state index contributed by atoms with van der Waals surface area (Å²) in [6.07, 6.45) is 72.3. The van der Waals surface area contributed by atoms with Crippen LogP contribution < -0.4 is 0 Å². The van der Waals surface area contributed by atoms with Crippen LogP contribution in [-0.2, 0) is 19.1 Å². The Kier molecular flexibility index (Phi) is 53.3. The van der Waals surface area contributed by atoms with Crippen LogP contribution in [0.2, 0.25) is 0 Å². The van der Waals surface area contributed by atoms with Gasteiger partial charge in [-0.15, -0.1) is 0 Å². The molecule has 0 aromatic rings. The van der Waals surface area contributed by atoms with Gasteiger partial charge in [-0.05, 0) is 51.4 Å². The Morgan fingerprint density at radius 1 is 0.375 bits per heavy atom. The molecule has 0 aliphatic heterocycles. The molecule has 374 valence electrons. The van der Waals surface area contributed by atoms with Crippen LogP contribution in [0.3, 0.4) is 0 Å². The van der Waals surface area contributed by atoms with Crippen molar-refractivity contribution in [3.63, 3.8) is 0 Å². The quantitative estimate of drug-likeness (QED) is 0.0374. The van der Waals surface area contributed by atoms with Crippen LogP contribution in [-0.4, -0.2) is 36.4 Å². The van der Waals surface area contributed by atoms with Crippen LogP contribution in [0.15, 0.2) is 48.6 Å². The molecule has 5 heteroatoms. The van der Waals surface area contributed by atoms with E-state index in [-0.39, 0.29) is 25.2 Å². The maximum atomic E-state index is 12.3. The molecular formula is C59H108O5. The van der Waals surface area contributed by atoms with Crippen LogP contribution in [0.1, 0.15) is 296 Å². The number of hydrogen-bond donors (Lipinski definition) is 1. The highest BCUT2D eigenvalue weighted by molar-refractivity contribution is 5.70. The maximum absolute atomic E-state index is 12.3. The fourth-order valence-electron chi connectivity index (χ4n) is 8.43. The molecule has 0 radical (unpaired) electrons. The topological polar surface area (TPSA) is 72.8 Å². The first-order valence-corrected chi connectivity index (χ1v) is 28.2. The van der Waals surface area contributed by atoms with Crippen LogP contribution >= 0.6 is 0 Å². The molecule has 0 saturated carbocycles. The number of carbonyl (C=O) groups excluding carboxylic acids is 2. The van der Waals surface area contributed by atoms with Crippen molar-refractivity contribution in [2.75, 3.05) is 13.2 Å². The summed E-state index contributed by atoms with van der Waals surface area (Å²) in [6, 6.07) is 0. The van der Waals surface area contributed by atoms with Crippen molar-refractivity contribution in [1.82, 2.24) is 0 Å². The molecule has 0 aromatic carbocycles. The number of aliphatic hydroxyl groups is 1. The lowest BCUT2D eigenvalue weighted by atomic mass is 10.0. The highest BCUT2D eigenvalue weighted by Gasteiger charge is 2.16. The van der Waals surface area contributed by atoms with Crippen molar-refractivity contribution < 1.29 is 24.2 Å². The van der Waals surface area contributed by atoms with E-state index in [0.29, 0.717) is 12.8 Å². The van der Waals surface area contributed by atoms with E-state index in [0.717, 1.165) is 64.2 Å². The first-order valence-electron chi connectivity index (χ1n) is 28.2. The average molecular weight is 898 g/mol. The molecule has 1 unspecified atom stereocenters. The molecule has 0 aromatic heterocycles. The average Bonchev–Trinajstić information content (AvgIpc) is 3.30. The number of allylic oxidation sites excluding steroid dienone is 8. The summed E-state index contributed by atoms with van der Waals surface area (Å²) in [4.78, 5) is 24.5. The van der Waals surface area contributed by atoms with Gasteiger partial charge in [0.25, 0.3) is 0 Å². The molecule has 0 aliphatic carbocycles. The molecule has 1 N–H and O–H groups in total. The Morgan fingerprint density at radius 3 is 1.02 bits per heavy atom. The first-order chi connectivity index (χ1) is 31.6. The lowest BCUT2D eigenvalue weighted by Crippen LogP contribution is -2.28. The van der Waals surface area contributed by atoms with Gasteiger partial charge < -0.3 is 14.6 Å². The molecule has 0 fully saturated rings. The maximum Gasteiger partial charge on any atom is 0.306 e. The zero-order valence-corrected chi connectivity index (χ0v) is 42.8. The number of rotatable bonds is 52. The van der Waals surface area contributed by atoms with E-state index in [1.807, 2.05) is 0 Å². The lowest BCUT2D eigenvalue weighted by molar-refractivity contribution is -0.161. The molecule has 1 atom stereocenters. The SMILES string of the molecule is CC/C=C\C/C=C\C/C=C\C/C=C\CCCCCCCCCCCCCCC(=O)OC(CO)COC(=O)CCCCCCCCCCCCCCCCCCCCCCCCCCC. The van der Waals surface area contributed by atoms with E-state index in [9.17, 15) is 14.7 Å². The third kappa shape index (κ3) is 52.5. The van der Waals surface area contributed by atoms with Crippen molar-refractivity contribution in [2.24, 2.45) is 0 Å². The molecule has 0 saturated heterocycles. The van der Waals surface area contributed by atoms with E-state index >= 15 is 0 Å². The Balaban J connectivity index is 3.45. The first kappa shape index (κ1) is 61.9. The third-order valence-electron chi connectivity index (χ3n) is 12.6. The molecule has 5 nitrogen and oxygen atoms in total. The molecule has 0 rings (SSSR count). The summed E-state index contributed by atoms with van der Waals surface area (Å²) in [5.74, 6) is -0.578. The van der Waals surface area contributed by atoms with Crippen LogP contribution in [0.25, 0.3) is 0 Å². The van der Waals surface area contributed by atoms with Crippen LogP contribution in [0.5, 0.6) is 0 Å². The Labute approximate surface area is 398 Å². The van der Waals surface area contributed by atoms with Gasteiger partial charge >= 0.3 is 11.9 Å². The zero-order valence-electron chi connectivity index (χ0n) is 42.8. The summed E-state index contributed by atoms with van der Waals surface area (Å²) in [6.45, 7) is 4.07. The third-order valence-corrected chi connectivity index (χ3v) is 12.6. The van der Waals surface area contributed by atoms with Gasteiger partial charge in [0.2, 0.25) is 0 Å². The smallest absolute Gasteiger partial charge is 0.306 e. The zero-order chi connectivity index (χ0) is 46.3. The highest BCUT2D eigenvalue weighted by atomic mass is 16.6. The number of unbranched alkanes of at least 4 members (excludes halogenated alkanes) is 36. The van der Waals surface area contributed by atoms with Gasteiger partial charge in [-0.2, -0.15) is 0 Å². The van der Waals surface area contributed by atoms with Crippen molar-refractivity contribution in [3.05, 3.63) is 48.6 Å². The summed E-state index contributed by atoms with van der Waals surface area (Å²) in [7, 11) is 0. The Hall–Kier alpha value is -2.14.